The molecule has 11 heteroatoms. The van der Waals surface area contributed by atoms with E-state index in [-0.39, 0.29) is 24.1 Å². The number of amides is 2. The number of allylic oxidation sites excluding steroid dienone is 3. The van der Waals surface area contributed by atoms with Crippen molar-refractivity contribution in [3.05, 3.63) is 30.4 Å². The molecule has 2 unspecified atom stereocenters. The van der Waals surface area contributed by atoms with Crippen LogP contribution in [0.5, 0.6) is 11.8 Å². The van der Waals surface area contributed by atoms with Gasteiger partial charge in [0.05, 0.1) is 26.4 Å². The minimum Gasteiger partial charge on any atom is -0.481 e. The predicted molar refractivity (Wildman–Crippen MR) is 101 cm³/mol. The molecule has 0 aromatic carbocycles. The third kappa shape index (κ3) is 3.94. The van der Waals surface area contributed by atoms with Crippen LogP contribution in [0.2, 0.25) is 0 Å². The number of carbonyl (C=O) groups excluding carboxylic acids is 1. The molecule has 1 aliphatic heterocycles. The van der Waals surface area contributed by atoms with Crippen LogP contribution in [-0.4, -0.2) is 56.1 Å². The van der Waals surface area contributed by atoms with Gasteiger partial charge < -0.3 is 14.2 Å². The molecular weight excluding hydrogens is 388 g/mol. The number of ether oxygens (including phenoxy) is 3. The first-order valence-electron chi connectivity index (χ1n) is 8.66. The van der Waals surface area contributed by atoms with Gasteiger partial charge >= 0.3 is 6.03 Å². The Hall–Kier alpha value is -2.66. The summed E-state index contributed by atoms with van der Waals surface area (Å²) in [4.78, 5) is 20.3. The van der Waals surface area contributed by atoms with Crippen molar-refractivity contribution in [2.75, 3.05) is 26.1 Å². The van der Waals surface area contributed by atoms with Gasteiger partial charge in [-0.05, 0) is 19.3 Å². The number of nitrogens with zero attached hydrogens (tertiary/aromatic N) is 2. The molecule has 0 radical (unpaired) electrons. The Morgan fingerprint density at radius 3 is 2.50 bits per heavy atom. The molecule has 2 heterocycles. The number of sulfonamides is 1. The zero-order valence-corrected chi connectivity index (χ0v) is 16.4. The van der Waals surface area contributed by atoms with E-state index in [0.29, 0.717) is 13.0 Å². The first-order valence-corrected chi connectivity index (χ1v) is 10.1. The maximum absolute atomic E-state index is 13.1. The number of hydrogen-bond acceptors (Lipinski definition) is 8. The largest absolute Gasteiger partial charge is 0.481 e. The van der Waals surface area contributed by atoms with Gasteiger partial charge in [-0.1, -0.05) is 24.3 Å². The Balaban J connectivity index is 1.80. The summed E-state index contributed by atoms with van der Waals surface area (Å²) in [5.74, 6) is 0.150. The Labute approximate surface area is 163 Å². The number of hydrogen-bond donors (Lipinski definition) is 2. The van der Waals surface area contributed by atoms with E-state index in [1.165, 1.54) is 20.3 Å². The van der Waals surface area contributed by atoms with Crippen molar-refractivity contribution in [1.82, 2.24) is 14.7 Å². The standard InChI is InChI=1S/C17H22N4O6S/c1-25-13-11-14(26-2)19-15(18-13)20-16(22)21-28(23,24)17(8-4-3-5-9-17)12-7-6-10-27-12/h3-5,8,11-12H,6-7,9-10H2,1-2H3,(H2,18,19,20,21,22). The summed E-state index contributed by atoms with van der Waals surface area (Å²) < 4.78 is 42.6. The number of aromatic nitrogens is 2. The summed E-state index contributed by atoms with van der Waals surface area (Å²) in [5, 5.41) is 2.30. The average Bonchev–Trinajstić information content (AvgIpc) is 3.22. The zero-order chi connectivity index (χ0) is 20.2. The number of methoxy groups -OCH3 is 2. The minimum absolute atomic E-state index is 0.154. The second-order valence-corrected chi connectivity index (χ2v) is 8.25. The van der Waals surface area contributed by atoms with E-state index >= 15 is 0 Å². The molecule has 2 amide bonds. The third-order valence-electron chi connectivity index (χ3n) is 4.59. The monoisotopic (exact) mass is 410 g/mol. The number of carbonyl (C=O) groups is 1. The van der Waals surface area contributed by atoms with Gasteiger partial charge in [0.15, 0.2) is 0 Å². The van der Waals surface area contributed by atoms with Crippen molar-refractivity contribution >= 4 is 22.0 Å². The van der Waals surface area contributed by atoms with E-state index < -0.39 is 26.9 Å². The van der Waals surface area contributed by atoms with Crippen molar-refractivity contribution in [1.29, 1.82) is 0 Å². The van der Waals surface area contributed by atoms with Crippen LogP contribution in [0.15, 0.2) is 30.4 Å². The summed E-state index contributed by atoms with van der Waals surface area (Å²) in [6.45, 7) is 0.489. The van der Waals surface area contributed by atoms with Crippen molar-refractivity contribution in [2.24, 2.45) is 0 Å². The van der Waals surface area contributed by atoms with Gasteiger partial charge in [0.2, 0.25) is 27.7 Å². The van der Waals surface area contributed by atoms with Crippen LogP contribution < -0.4 is 19.5 Å². The van der Waals surface area contributed by atoms with Crippen LogP contribution >= 0.6 is 0 Å². The van der Waals surface area contributed by atoms with Crippen LogP contribution in [0.3, 0.4) is 0 Å². The highest BCUT2D eigenvalue weighted by atomic mass is 32.2. The van der Waals surface area contributed by atoms with Crippen LogP contribution in [0.4, 0.5) is 10.7 Å². The molecule has 2 atom stereocenters. The predicted octanol–water partition coefficient (Wildman–Crippen LogP) is 1.38. The van der Waals surface area contributed by atoms with E-state index in [1.807, 2.05) is 0 Å². The quantitative estimate of drug-likeness (QED) is 0.720. The van der Waals surface area contributed by atoms with Crippen LogP contribution in [0.25, 0.3) is 0 Å². The lowest BCUT2D eigenvalue weighted by molar-refractivity contribution is 0.0880. The van der Waals surface area contributed by atoms with E-state index in [9.17, 15) is 13.2 Å². The van der Waals surface area contributed by atoms with Crippen LogP contribution in [0, 0.1) is 0 Å². The van der Waals surface area contributed by atoms with Gasteiger partial charge in [-0.2, -0.15) is 9.97 Å². The number of urea groups is 1. The fourth-order valence-electron chi connectivity index (χ4n) is 3.20. The highest BCUT2D eigenvalue weighted by molar-refractivity contribution is 7.91. The lowest BCUT2D eigenvalue weighted by atomic mass is 9.92. The van der Waals surface area contributed by atoms with Gasteiger partial charge in [-0.3, -0.25) is 5.32 Å². The molecule has 1 saturated heterocycles. The van der Waals surface area contributed by atoms with Crippen LogP contribution in [0.1, 0.15) is 19.3 Å². The Kier molecular flexibility index (Phi) is 5.84. The Bertz CT molecular complexity index is 873. The molecule has 1 aromatic rings. The normalized spacial score (nSPS) is 24.0. The number of nitrogens with one attached hydrogen (secondary N) is 2. The van der Waals surface area contributed by atoms with Gasteiger partial charge in [-0.25, -0.2) is 17.9 Å². The molecule has 2 aliphatic rings. The van der Waals surface area contributed by atoms with E-state index in [0.717, 1.165) is 6.42 Å². The SMILES string of the molecule is COc1cc(OC)nc(NC(=O)NS(=O)(=O)C2(C3CCCO3)C=CC=CC2)n1. The van der Waals surface area contributed by atoms with E-state index in [4.69, 9.17) is 14.2 Å². The lowest BCUT2D eigenvalue weighted by Gasteiger charge is -2.35. The third-order valence-corrected chi connectivity index (χ3v) is 6.61. The molecule has 3 rings (SSSR count). The van der Waals surface area contributed by atoms with E-state index in [2.05, 4.69) is 20.0 Å². The first-order chi connectivity index (χ1) is 13.4. The molecule has 0 saturated carbocycles. The zero-order valence-electron chi connectivity index (χ0n) is 15.5. The van der Waals surface area contributed by atoms with E-state index in [1.54, 1.807) is 24.3 Å². The molecule has 28 heavy (non-hydrogen) atoms. The molecule has 1 aliphatic carbocycles. The van der Waals surface area contributed by atoms with Crippen molar-refractivity contribution < 1.29 is 27.4 Å². The van der Waals surface area contributed by atoms with Gasteiger partial charge in [0.1, 0.15) is 4.75 Å². The van der Waals surface area contributed by atoms with Gasteiger partial charge in [-0.15, -0.1) is 0 Å². The summed E-state index contributed by atoms with van der Waals surface area (Å²) in [7, 11) is -1.34. The van der Waals surface area contributed by atoms with Crippen molar-refractivity contribution in [3.63, 3.8) is 0 Å². The Morgan fingerprint density at radius 2 is 1.96 bits per heavy atom. The summed E-state index contributed by atoms with van der Waals surface area (Å²) >= 11 is 0. The number of rotatable bonds is 6. The Morgan fingerprint density at radius 1 is 1.25 bits per heavy atom. The average molecular weight is 410 g/mol. The highest BCUT2D eigenvalue weighted by Crippen LogP contribution is 2.37. The summed E-state index contributed by atoms with van der Waals surface area (Å²) in [6.07, 6.45) is 7.77. The minimum atomic E-state index is -4.12. The van der Waals surface area contributed by atoms with Gasteiger partial charge in [0.25, 0.3) is 0 Å². The smallest absolute Gasteiger partial charge is 0.335 e. The molecule has 1 aromatic heterocycles. The maximum Gasteiger partial charge on any atom is 0.335 e. The summed E-state index contributed by atoms with van der Waals surface area (Å²) in [5.41, 5.74) is 0. The second-order valence-electron chi connectivity index (χ2n) is 6.28. The lowest BCUT2D eigenvalue weighted by Crippen LogP contribution is -2.55. The summed E-state index contributed by atoms with van der Waals surface area (Å²) in [6, 6.07) is 0.432. The van der Waals surface area contributed by atoms with Crippen LogP contribution in [-0.2, 0) is 14.8 Å². The molecule has 2 N–H and O–H groups in total. The first kappa shape index (κ1) is 20.1. The highest BCUT2D eigenvalue weighted by Gasteiger charge is 2.50. The molecular formula is C17H22N4O6S. The molecule has 1 fully saturated rings. The topological polar surface area (TPSA) is 129 Å². The molecule has 152 valence electrons. The second kappa shape index (κ2) is 8.15. The molecule has 0 spiro atoms. The fraction of sp³-hybridized carbons (Fsp3) is 0.471. The van der Waals surface area contributed by atoms with Crippen molar-refractivity contribution in [2.45, 2.75) is 30.1 Å². The van der Waals surface area contributed by atoms with Crippen molar-refractivity contribution in [3.8, 4) is 11.8 Å². The van der Waals surface area contributed by atoms with Gasteiger partial charge in [0, 0.05) is 6.61 Å². The molecule has 10 nitrogen and oxygen atoms in total. The number of anilines is 1. The molecule has 0 bridgehead atoms. The maximum atomic E-state index is 13.1. The fourth-order valence-corrected chi connectivity index (χ4v) is 4.79.